The van der Waals surface area contributed by atoms with E-state index in [1.165, 1.54) is 6.08 Å². The molecule has 6 heteroatoms. The zero-order valence-corrected chi connectivity index (χ0v) is 11.4. The Kier molecular flexibility index (Phi) is 3.34. The molecule has 1 aliphatic heterocycles. The van der Waals surface area contributed by atoms with Crippen molar-refractivity contribution in [2.75, 3.05) is 6.54 Å². The largest absolute Gasteiger partial charge is 0.480 e. The van der Waals surface area contributed by atoms with Crippen molar-refractivity contribution >= 4 is 34.8 Å². The van der Waals surface area contributed by atoms with Crippen LogP contribution in [0.15, 0.2) is 48.2 Å². The lowest BCUT2D eigenvalue weighted by Crippen LogP contribution is -2.32. The van der Waals surface area contributed by atoms with E-state index in [-0.39, 0.29) is 5.70 Å². The van der Waals surface area contributed by atoms with Gasteiger partial charge in [0.1, 0.15) is 12.2 Å². The Labute approximate surface area is 125 Å². The second kappa shape index (κ2) is 5.33. The molecule has 0 radical (unpaired) electrons. The maximum atomic E-state index is 11.8. The third-order valence-electron chi connectivity index (χ3n) is 3.36. The first kappa shape index (κ1) is 13.8. The van der Waals surface area contributed by atoms with Gasteiger partial charge in [0.15, 0.2) is 0 Å². The molecule has 0 atom stereocenters. The van der Waals surface area contributed by atoms with Gasteiger partial charge in [-0.3, -0.25) is 19.8 Å². The van der Waals surface area contributed by atoms with E-state index in [0.717, 1.165) is 15.7 Å². The molecule has 2 N–H and O–H groups in total. The summed E-state index contributed by atoms with van der Waals surface area (Å²) in [5.41, 5.74) is 0.747. The number of hydrogen-bond donors (Lipinski definition) is 2. The van der Waals surface area contributed by atoms with Crippen LogP contribution in [0, 0.1) is 0 Å². The van der Waals surface area contributed by atoms with Crippen LogP contribution < -0.4 is 5.32 Å². The van der Waals surface area contributed by atoms with Gasteiger partial charge in [-0.1, -0.05) is 36.4 Å². The van der Waals surface area contributed by atoms with Crippen molar-refractivity contribution in [2.24, 2.45) is 0 Å². The fourth-order valence-electron chi connectivity index (χ4n) is 2.35. The molecule has 1 heterocycles. The smallest absolute Gasteiger partial charge is 0.329 e. The second-order valence-electron chi connectivity index (χ2n) is 4.88. The number of amides is 3. The van der Waals surface area contributed by atoms with E-state index in [2.05, 4.69) is 5.32 Å². The molecule has 0 saturated carbocycles. The Morgan fingerprint density at radius 3 is 2.59 bits per heavy atom. The van der Waals surface area contributed by atoms with Gasteiger partial charge in [0.25, 0.3) is 5.91 Å². The van der Waals surface area contributed by atoms with Gasteiger partial charge in [-0.05, 0) is 28.5 Å². The number of nitrogens with zero attached hydrogens (tertiary/aromatic N) is 1. The van der Waals surface area contributed by atoms with Gasteiger partial charge >= 0.3 is 12.0 Å². The Balaban J connectivity index is 2.01. The van der Waals surface area contributed by atoms with Gasteiger partial charge in [0.05, 0.1) is 0 Å². The molecule has 1 saturated heterocycles. The maximum absolute atomic E-state index is 11.8. The van der Waals surface area contributed by atoms with Crippen LogP contribution in [0.3, 0.4) is 0 Å². The van der Waals surface area contributed by atoms with Gasteiger partial charge in [0, 0.05) is 0 Å². The number of carboxylic acids is 1. The summed E-state index contributed by atoms with van der Waals surface area (Å²) < 4.78 is 0. The molecule has 0 aliphatic carbocycles. The van der Waals surface area contributed by atoms with Crippen LogP contribution in [-0.4, -0.2) is 34.5 Å². The molecule has 0 spiro atoms. The zero-order chi connectivity index (χ0) is 15.7. The molecule has 6 nitrogen and oxygen atoms in total. The highest BCUT2D eigenvalue weighted by Gasteiger charge is 2.34. The summed E-state index contributed by atoms with van der Waals surface area (Å²) in [6.45, 7) is -0.559. The minimum Gasteiger partial charge on any atom is -0.480 e. The first-order valence-electron chi connectivity index (χ1n) is 6.60. The van der Waals surface area contributed by atoms with Crippen molar-refractivity contribution in [1.82, 2.24) is 10.2 Å². The van der Waals surface area contributed by atoms with E-state index >= 15 is 0 Å². The number of carboxylic acid groups (broad SMARTS) is 1. The fourth-order valence-corrected chi connectivity index (χ4v) is 2.35. The SMILES string of the molecule is O=C(O)CN1C(=O)NC(=O)/C1=C/c1ccc2ccccc2c1. The van der Waals surface area contributed by atoms with Gasteiger partial charge in [0.2, 0.25) is 0 Å². The molecule has 0 aromatic heterocycles. The maximum Gasteiger partial charge on any atom is 0.329 e. The topological polar surface area (TPSA) is 86.7 Å². The third-order valence-corrected chi connectivity index (χ3v) is 3.36. The van der Waals surface area contributed by atoms with Gasteiger partial charge in [-0.15, -0.1) is 0 Å². The van der Waals surface area contributed by atoms with Crippen molar-refractivity contribution in [3.8, 4) is 0 Å². The van der Waals surface area contributed by atoms with Gasteiger partial charge in [-0.2, -0.15) is 0 Å². The molecule has 3 amide bonds. The highest BCUT2D eigenvalue weighted by atomic mass is 16.4. The van der Waals surface area contributed by atoms with Crippen molar-refractivity contribution in [3.05, 3.63) is 53.7 Å². The molecule has 1 fully saturated rings. The van der Waals surface area contributed by atoms with Crippen LogP contribution >= 0.6 is 0 Å². The Hall–Kier alpha value is -3.15. The lowest BCUT2D eigenvalue weighted by atomic mass is 10.1. The number of urea groups is 1. The first-order chi connectivity index (χ1) is 10.5. The number of carbonyl (C=O) groups excluding carboxylic acids is 2. The first-order valence-corrected chi connectivity index (χ1v) is 6.60. The summed E-state index contributed by atoms with van der Waals surface area (Å²) in [5, 5.41) is 13.0. The lowest BCUT2D eigenvalue weighted by molar-refractivity contribution is -0.137. The number of aliphatic carboxylic acids is 1. The number of hydrogen-bond acceptors (Lipinski definition) is 3. The van der Waals surface area contributed by atoms with Gasteiger partial charge < -0.3 is 5.11 Å². The number of rotatable bonds is 3. The number of carbonyl (C=O) groups is 3. The van der Waals surface area contributed by atoms with Gasteiger partial charge in [-0.25, -0.2) is 4.79 Å². The van der Waals surface area contributed by atoms with E-state index in [1.54, 1.807) is 0 Å². The minimum atomic E-state index is -1.19. The normalized spacial score (nSPS) is 16.4. The number of fused-ring (bicyclic) bond motifs is 1. The van der Waals surface area contributed by atoms with E-state index in [1.807, 2.05) is 42.5 Å². The summed E-state index contributed by atoms with van der Waals surface area (Å²) >= 11 is 0. The molecular weight excluding hydrogens is 284 g/mol. The Morgan fingerprint density at radius 2 is 1.86 bits per heavy atom. The molecule has 2 aromatic carbocycles. The van der Waals surface area contributed by atoms with E-state index in [4.69, 9.17) is 5.11 Å². The number of imide groups is 1. The summed E-state index contributed by atoms with van der Waals surface area (Å²) in [7, 11) is 0. The molecule has 22 heavy (non-hydrogen) atoms. The average molecular weight is 296 g/mol. The second-order valence-corrected chi connectivity index (χ2v) is 4.88. The average Bonchev–Trinajstić information content (AvgIpc) is 2.74. The third kappa shape index (κ3) is 2.54. The van der Waals surface area contributed by atoms with Crippen molar-refractivity contribution in [2.45, 2.75) is 0 Å². The quantitative estimate of drug-likeness (QED) is 0.668. The van der Waals surface area contributed by atoms with Crippen LogP contribution in [-0.2, 0) is 9.59 Å². The van der Waals surface area contributed by atoms with E-state index in [0.29, 0.717) is 5.56 Å². The standard InChI is InChI=1S/C16H12N2O4/c19-14(20)9-18-13(15(21)17-16(18)22)8-10-5-6-11-3-1-2-4-12(11)7-10/h1-8H,9H2,(H,19,20)(H,17,21,22)/b13-8-. The number of benzene rings is 2. The monoisotopic (exact) mass is 296 g/mol. The van der Waals surface area contributed by atoms with E-state index in [9.17, 15) is 14.4 Å². The molecule has 3 rings (SSSR count). The van der Waals surface area contributed by atoms with Crippen molar-refractivity contribution in [1.29, 1.82) is 0 Å². The van der Waals surface area contributed by atoms with Crippen LogP contribution in [0.1, 0.15) is 5.56 Å². The molecule has 0 bridgehead atoms. The molecule has 110 valence electrons. The van der Waals surface area contributed by atoms with Crippen LogP contribution in [0.4, 0.5) is 4.79 Å². The highest BCUT2D eigenvalue weighted by molar-refractivity contribution is 6.14. The zero-order valence-electron chi connectivity index (χ0n) is 11.4. The summed E-state index contributed by atoms with van der Waals surface area (Å²) in [6, 6.07) is 12.6. The molecule has 0 unspecified atom stereocenters. The van der Waals surface area contributed by atoms with E-state index < -0.39 is 24.5 Å². The lowest BCUT2D eigenvalue weighted by Gasteiger charge is -2.12. The summed E-state index contributed by atoms with van der Waals surface area (Å²) in [4.78, 5) is 35.2. The highest BCUT2D eigenvalue weighted by Crippen LogP contribution is 2.20. The van der Waals surface area contributed by atoms with Crippen molar-refractivity contribution < 1.29 is 19.5 Å². The minimum absolute atomic E-state index is 0.0303. The number of nitrogens with one attached hydrogen (secondary N) is 1. The molecule has 2 aromatic rings. The Morgan fingerprint density at radius 1 is 1.14 bits per heavy atom. The molecular formula is C16H12N2O4. The Bertz CT molecular complexity index is 826. The van der Waals surface area contributed by atoms with Crippen LogP contribution in [0.5, 0.6) is 0 Å². The fraction of sp³-hybridized carbons (Fsp3) is 0.0625. The molecule has 1 aliphatic rings. The predicted octanol–water partition coefficient (Wildman–Crippen LogP) is 1.82. The van der Waals surface area contributed by atoms with Crippen LogP contribution in [0.2, 0.25) is 0 Å². The summed E-state index contributed by atoms with van der Waals surface area (Å²) in [5.74, 6) is -1.78. The van der Waals surface area contributed by atoms with Crippen LogP contribution in [0.25, 0.3) is 16.8 Å². The summed E-state index contributed by atoms with van der Waals surface area (Å²) in [6.07, 6.45) is 1.51. The predicted molar refractivity (Wildman–Crippen MR) is 79.8 cm³/mol. The van der Waals surface area contributed by atoms with Crippen molar-refractivity contribution in [3.63, 3.8) is 0 Å².